The van der Waals surface area contributed by atoms with Crippen LogP contribution in [0.5, 0.6) is 5.75 Å². The molecule has 0 unspecified atom stereocenters. The van der Waals surface area contributed by atoms with E-state index in [1.807, 2.05) is 38.1 Å². The number of fused-ring (bicyclic) bond motifs is 1. The van der Waals surface area contributed by atoms with Crippen LogP contribution in [0.4, 0.5) is 0 Å². The molecule has 1 aromatic carbocycles. The summed E-state index contributed by atoms with van der Waals surface area (Å²) < 4.78 is 38.0. The van der Waals surface area contributed by atoms with Crippen molar-refractivity contribution in [3.8, 4) is 11.8 Å². The van der Waals surface area contributed by atoms with E-state index < -0.39 is 10.1 Å². The Bertz CT molecular complexity index is 1370. The molecule has 1 N–H and O–H groups in total. The van der Waals surface area contributed by atoms with Gasteiger partial charge in [0.15, 0.2) is 0 Å². The molecular formula is C22H19BrN4O4S. The number of rotatable bonds is 4. The molecule has 10 heteroatoms. The van der Waals surface area contributed by atoms with E-state index in [4.69, 9.17) is 9.29 Å². The largest absolute Gasteiger partial charge is 0.482 e. The van der Waals surface area contributed by atoms with E-state index in [0.717, 1.165) is 15.7 Å². The summed E-state index contributed by atoms with van der Waals surface area (Å²) in [5.41, 5.74) is 2.92. The van der Waals surface area contributed by atoms with Crippen molar-refractivity contribution in [2.45, 2.75) is 24.8 Å². The van der Waals surface area contributed by atoms with Crippen LogP contribution in [0, 0.1) is 18.3 Å². The zero-order valence-electron chi connectivity index (χ0n) is 17.2. The summed E-state index contributed by atoms with van der Waals surface area (Å²) in [5.74, 6) is 0.594. The Balaban J connectivity index is 0.000000222. The number of nitriles is 1. The van der Waals surface area contributed by atoms with Gasteiger partial charge in [0, 0.05) is 16.9 Å². The molecule has 0 spiro atoms. The lowest BCUT2D eigenvalue weighted by Gasteiger charge is -2.15. The monoisotopic (exact) mass is 514 g/mol. The number of pyridine rings is 2. The first-order valence-electron chi connectivity index (χ1n) is 9.38. The average molecular weight is 515 g/mol. The third kappa shape index (κ3) is 5.70. The molecule has 0 radical (unpaired) electrons. The van der Waals surface area contributed by atoms with Crippen LogP contribution in [0.15, 0.2) is 76.5 Å². The molecule has 0 fully saturated rings. The Morgan fingerprint density at radius 3 is 2.53 bits per heavy atom. The minimum Gasteiger partial charge on any atom is -0.482 e. The number of hydrogen-bond donors (Lipinski definition) is 1. The third-order valence-electron chi connectivity index (χ3n) is 4.39. The van der Waals surface area contributed by atoms with Gasteiger partial charge in [0.2, 0.25) is 0 Å². The van der Waals surface area contributed by atoms with Crippen LogP contribution >= 0.6 is 15.9 Å². The standard InChI is InChI=1S/C15H11BrN4O.C7H8O3S/c1-10(13-4-2-3-5-18-13)21-14-6-12(16)9-20-15(14)11(7-17)8-19-20;1-6-2-4-7(5-3-6)11(8,9)10/h2-6,8-10H,1H3;2-5H,1H3,(H,8,9,10)/t10-;/m1./s1. The molecule has 0 saturated carbocycles. The maximum atomic E-state index is 10.5. The van der Waals surface area contributed by atoms with Gasteiger partial charge in [0.05, 0.1) is 16.8 Å². The first kappa shape index (κ1) is 23.4. The van der Waals surface area contributed by atoms with Crippen molar-refractivity contribution in [1.82, 2.24) is 14.6 Å². The van der Waals surface area contributed by atoms with Crippen LogP contribution in [0.25, 0.3) is 5.52 Å². The summed E-state index contributed by atoms with van der Waals surface area (Å²) in [7, 11) is -4.02. The molecule has 3 heterocycles. The maximum absolute atomic E-state index is 10.5. The molecule has 0 aliphatic heterocycles. The lowest BCUT2D eigenvalue weighted by molar-refractivity contribution is 0.224. The van der Waals surface area contributed by atoms with Gasteiger partial charge in [-0.25, -0.2) is 4.52 Å². The first-order valence-corrected chi connectivity index (χ1v) is 11.6. The van der Waals surface area contributed by atoms with Crippen molar-refractivity contribution in [1.29, 1.82) is 5.26 Å². The quantitative estimate of drug-likeness (QED) is 0.390. The highest BCUT2D eigenvalue weighted by atomic mass is 79.9. The number of benzene rings is 1. The van der Waals surface area contributed by atoms with Crippen LogP contribution < -0.4 is 4.74 Å². The van der Waals surface area contributed by atoms with Crippen LogP contribution in [-0.4, -0.2) is 27.6 Å². The average Bonchev–Trinajstić information content (AvgIpc) is 3.17. The van der Waals surface area contributed by atoms with Gasteiger partial charge in [-0.1, -0.05) is 23.8 Å². The van der Waals surface area contributed by atoms with E-state index in [1.54, 1.807) is 29.0 Å². The van der Waals surface area contributed by atoms with Gasteiger partial charge in [-0.15, -0.1) is 0 Å². The second kappa shape index (κ2) is 9.91. The van der Waals surface area contributed by atoms with Gasteiger partial charge in [0.25, 0.3) is 10.1 Å². The molecule has 4 rings (SSSR count). The second-order valence-electron chi connectivity index (χ2n) is 6.79. The molecule has 3 aromatic heterocycles. The molecule has 8 nitrogen and oxygen atoms in total. The van der Waals surface area contributed by atoms with Gasteiger partial charge >= 0.3 is 0 Å². The molecule has 0 aliphatic carbocycles. The highest BCUT2D eigenvalue weighted by Gasteiger charge is 2.15. The highest BCUT2D eigenvalue weighted by molar-refractivity contribution is 9.10. The maximum Gasteiger partial charge on any atom is 0.294 e. The topological polar surface area (TPSA) is 118 Å². The summed E-state index contributed by atoms with van der Waals surface area (Å²) in [6.07, 6.45) is 4.81. The summed E-state index contributed by atoms with van der Waals surface area (Å²) in [5, 5.41) is 13.3. The summed E-state index contributed by atoms with van der Waals surface area (Å²) in [4.78, 5) is 4.22. The van der Waals surface area contributed by atoms with Crippen molar-refractivity contribution in [3.05, 3.63) is 88.4 Å². The van der Waals surface area contributed by atoms with Crippen LogP contribution in [-0.2, 0) is 10.1 Å². The Hall–Kier alpha value is -3.26. The van der Waals surface area contributed by atoms with E-state index in [9.17, 15) is 13.7 Å². The highest BCUT2D eigenvalue weighted by Crippen LogP contribution is 2.30. The molecule has 0 aliphatic rings. The van der Waals surface area contributed by atoms with Crippen molar-refractivity contribution < 1.29 is 17.7 Å². The summed E-state index contributed by atoms with van der Waals surface area (Å²) in [6, 6.07) is 15.6. The van der Waals surface area contributed by atoms with Crippen molar-refractivity contribution in [2.75, 3.05) is 0 Å². The zero-order chi connectivity index (χ0) is 23.3. The fourth-order valence-electron chi connectivity index (χ4n) is 2.80. The summed E-state index contributed by atoms with van der Waals surface area (Å²) in [6.45, 7) is 3.76. The molecule has 1 atom stereocenters. The number of hydrogen-bond acceptors (Lipinski definition) is 6. The minimum atomic E-state index is -4.02. The molecule has 32 heavy (non-hydrogen) atoms. The zero-order valence-corrected chi connectivity index (χ0v) is 19.6. The van der Waals surface area contributed by atoms with Gasteiger partial charge in [-0.3, -0.25) is 9.54 Å². The Kier molecular flexibility index (Phi) is 7.25. The summed E-state index contributed by atoms with van der Waals surface area (Å²) >= 11 is 3.42. The lowest BCUT2D eigenvalue weighted by Crippen LogP contribution is -2.06. The van der Waals surface area contributed by atoms with Crippen molar-refractivity contribution in [2.24, 2.45) is 0 Å². The predicted molar refractivity (Wildman–Crippen MR) is 122 cm³/mol. The Labute approximate surface area is 194 Å². The molecule has 0 amide bonds. The first-order chi connectivity index (χ1) is 15.2. The van der Waals surface area contributed by atoms with Gasteiger partial charge in [0.1, 0.15) is 29.0 Å². The van der Waals surface area contributed by atoms with E-state index in [0.29, 0.717) is 16.8 Å². The van der Waals surface area contributed by atoms with Crippen molar-refractivity contribution in [3.63, 3.8) is 0 Å². The number of halogens is 1. The molecular weight excluding hydrogens is 496 g/mol. The number of aromatic nitrogens is 3. The van der Waals surface area contributed by atoms with Crippen LogP contribution in [0.2, 0.25) is 0 Å². The number of nitrogens with zero attached hydrogens (tertiary/aromatic N) is 4. The number of ether oxygens (including phenoxy) is 1. The van der Waals surface area contributed by atoms with Gasteiger partial charge < -0.3 is 4.74 Å². The normalized spacial score (nSPS) is 11.8. The lowest BCUT2D eigenvalue weighted by atomic mass is 10.2. The van der Waals surface area contributed by atoms with E-state index in [-0.39, 0.29) is 11.0 Å². The van der Waals surface area contributed by atoms with Crippen LogP contribution in [0.3, 0.4) is 0 Å². The van der Waals surface area contributed by atoms with E-state index >= 15 is 0 Å². The van der Waals surface area contributed by atoms with Gasteiger partial charge in [-0.05, 0) is 60.1 Å². The molecule has 164 valence electrons. The Morgan fingerprint density at radius 2 is 1.94 bits per heavy atom. The predicted octanol–water partition coefficient (Wildman–Crippen LogP) is 4.75. The van der Waals surface area contributed by atoms with Crippen molar-refractivity contribution >= 4 is 31.6 Å². The van der Waals surface area contributed by atoms with E-state index in [2.05, 4.69) is 32.1 Å². The van der Waals surface area contributed by atoms with E-state index in [1.165, 1.54) is 18.3 Å². The van der Waals surface area contributed by atoms with Gasteiger partial charge in [-0.2, -0.15) is 18.8 Å². The number of aryl methyl sites for hydroxylation is 1. The second-order valence-corrected chi connectivity index (χ2v) is 9.13. The third-order valence-corrected chi connectivity index (χ3v) is 5.69. The molecule has 0 bridgehead atoms. The smallest absolute Gasteiger partial charge is 0.294 e. The molecule has 0 saturated heterocycles. The fraction of sp³-hybridized carbons (Fsp3) is 0.136. The SMILES string of the molecule is C[C@@H](Oc1cc(Br)cn2ncc(C#N)c12)c1ccccn1.Cc1ccc(S(=O)(=O)O)cc1. The minimum absolute atomic E-state index is 0.0666. The molecule has 4 aromatic rings. The Morgan fingerprint density at radius 1 is 1.22 bits per heavy atom. The fourth-order valence-corrected chi connectivity index (χ4v) is 3.68. The van der Waals surface area contributed by atoms with Crippen LogP contribution in [0.1, 0.15) is 29.8 Å².